The van der Waals surface area contributed by atoms with Crippen molar-refractivity contribution < 1.29 is 14.4 Å². The standard InChI is InChI=1S/C22H31N3O3/c1-16-11-17(2)14-24(13-16)15-19-5-3-18(4-6-19)12-23-20(26)9-10-25-21(27)7-8-22(25)28/h3-6,16-17H,7-15H2,1-2H3,(H,23,26)/t16-,17-/m1/s1. The van der Waals surface area contributed by atoms with Gasteiger partial charge in [0.15, 0.2) is 0 Å². The molecule has 2 saturated heterocycles. The molecular weight excluding hydrogens is 354 g/mol. The number of carbonyl (C=O) groups excluding carboxylic acids is 3. The lowest BCUT2D eigenvalue weighted by molar-refractivity contribution is -0.138. The van der Waals surface area contributed by atoms with Crippen LogP contribution in [0, 0.1) is 11.8 Å². The fraction of sp³-hybridized carbons (Fsp3) is 0.591. The van der Waals surface area contributed by atoms with Crippen LogP contribution in [-0.2, 0) is 27.5 Å². The van der Waals surface area contributed by atoms with Crippen molar-refractivity contribution in [2.24, 2.45) is 11.8 Å². The summed E-state index contributed by atoms with van der Waals surface area (Å²) in [6.07, 6.45) is 2.00. The average molecular weight is 386 g/mol. The Bertz CT molecular complexity index is 690. The van der Waals surface area contributed by atoms with E-state index in [1.165, 1.54) is 16.9 Å². The summed E-state index contributed by atoms with van der Waals surface area (Å²) in [5.41, 5.74) is 2.34. The first-order chi connectivity index (χ1) is 13.4. The second kappa shape index (κ2) is 9.32. The Balaban J connectivity index is 1.41. The summed E-state index contributed by atoms with van der Waals surface area (Å²) in [6, 6.07) is 8.37. The van der Waals surface area contributed by atoms with E-state index < -0.39 is 0 Å². The van der Waals surface area contributed by atoms with E-state index in [1.807, 2.05) is 0 Å². The molecule has 152 valence electrons. The number of nitrogens with one attached hydrogen (secondary N) is 1. The van der Waals surface area contributed by atoms with Gasteiger partial charge in [-0.1, -0.05) is 38.1 Å². The Labute approximate surface area is 167 Å². The van der Waals surface area contributed by atoms with Gasteiger partial charge in [-0.3, -0.25) is 24.2 Å². The van der Waals surface area contributed by atoms with Gasteiger partial charge < -0.3 is 5.32 Å². The highest BCUT2D eigenvalue weighted by molar-refractivity contribution is 6.02. The zero-order chi connectivity index (χ0) is 20.1. The van der Waals surface area contributed by atoms with Crippen LogP contribution in [0.1, 0.15) is 50.7 Å². The molecule has 2 atom stereocenters. The SMILES string of the molecule is C[C@@H]1C[C@@H](C)CN(Cc2ccc(CNC(=O)CCN3C(=O)CCC3=O)cc2)C1. The minimum absolute atomic E-state index is 0.145. The molecule has 2 aliphatic heterocycles. The first-order valence-electron chi connectivity index (χ1n) is 10.3. The highest BCUT2D eigenvalue weighted by Gasteiger charge is 2.28. The van der Waals surface area contributed by atoms with Crippen LogP contribution < -0.4 is 5.32 Å². The highest BCUT2D eigenvalue weighted by atomic mass is 16.2. The number of piperidine rings is 1. The second-order valence-electron chi connectivity index (χ2n) is 8.42. The molecule has 3 rings (SSSR count). The van der Waals surface area contributed by atoms with Gasteiger partial charge in [-0.25, -0.2) is 0 Å². The molecule has 6 heteroatoms. The first kappa shape index (κ1) is 20.5. The molecule has 6 nitrogen and oxygen atoms in total. The Morgan fingerprint density at radius 1 is 1.00 bits per heavy atom. The lowest BCUT2D eigenvalue weighted by atomic mass is 9.91. The Kier molecular flexibility index (Phi) is 6.83. The molecule has 0 aromatic heterocycles. The number of amides is 3. The molecular formula is C22H31N3O3. The highest BCUT2D eigenvalue weighted by Crippen LogP contribution is 2.22. The van der Waals surface area contributed by atoms with Gasteiger partial charge in [0.1, 0.15) is 0 Å². The number of hydrogen-bond donors (Lipinski definition) is 1. The van der Waals surface area contributed by atoms with Gasteiger partial charge in [0.25, 0.3) is 0 Å². The van der Waals surface area contributed by atoms with Crippen LogP contribution in [0.4, 0.5) is 0 Å². The summed E-state index contributed by atoms with van der Waals surface area (Å²) < 4.78 is 0. The summed E-state index contributed by atoms with van der Waals surface area (Å²) in [7, 11) is 0. The first-order valence-corrected chi connectivity index (χ1v) is 10.3. The molecule has 2 heterocycles. The molecule has 1 aromatic carbocycles. The molecule has 2 fully saturated rings. The summed E-state index contributed by atoms with van der Waals surface area (Å²) in [4.78, 5) is 38.8. The monoisotopic (exact) mass is 385 g/mol. The van der Waals surface area contributed by atoms with Crippen molar-refractivity contribution in [2.75, 3.05) is 19.6 Å². The van der Waals surface area contributed by atoms with Crippen LogP contribution in [0.15, 0.2) is 24.3 Å². The smallest absolute Gasteiger partial charge is 0.229 e. The van der Waals surface area contributed by atoms with E-state index in [0.29, 0.717) is 6.54 Å². The van der Waals surface area contributed by atoms with E-state index in [9.17, 15) is 14.4 Å². The third-order valence-corrected chi connectivity index (χ3v) is 5.58. The van der Waals surface area contributed by atoms with Crippen molar-refractivity contribution in [3.63, 3.8) is 0 Å². The van der Waals surface area contributed by atoms with Crippen LogP contribution in [0.3, 0.4) is 0 Å². The van der Waals surface area contributed by atoms with Gasteiger partial charge in [-0.15, -0.1) is 0 Å². The molecule has 0 saturated carbocycles. The van der Waals surface area contributed by atoms with E-state index in [0.717, 1.165) is 37.0 Å². The summed E-state index contributed by atoms with van der Waals surface area (Å²) in [6.45, 7) is 8.56. The van der Waals surface area contributed by atoms with Crippen molar-refractivity contribution in [1.82, 2.24) is 15.1 Å². The topological polar surface area (TPSA) is 69.7 Å². The Hall–Kier alpha value is -2.21. The Morgan fingerprint density at radius 3 is 2.18 bits per heavy atom. The Morgan fingerprint density at radius 2 is 1.57 bits per heavy atom. The number of rotatable bonds is 7. The maximum atomic E-state index is 12.0. The van der Waals surface area contributed by atoms with Crippen LogP contribution in [0.2, 0.25) is 0 Å². The quantitative estimate of drug-likeness (QED) is 0.732. The van der Waals surface area contributed by atoms with Gasteiger partial charge in [-0.2, -0.15) is 0 Å². The number of hydrogen-bond acceptors (Lipinski definition) is 4. The minimum atomic E-state index is -0.175. The number of carbonyl (C=O) groups is 3. The average Bonchev–Trinajstić information content (AvgIpc) is 2.96. The number of benzene rings is 1. The van der Waals surface area contributed by atoms with Crippen molar-refractivity contribution in [3.8, 4) is 0 Å². The normalized spacial score (nSPS) is 23.3. The summed E-state index contributed by atoms with van der Waals surface area (Å²) in [5, 5.41) is 2.87. The van der Waals surface area contributed by atoms with Crippen LogP contribution >= 0.6 is 0 Å². The molecule has 0 bridgehead atoms. The third kappa shape index (κ3) is 5.64. The van der Waals surface area contributed by atoms with Gasteiger partial charge in [-0.05, 0) is 29.4 Å². The van der Waals surface area contributed by atoms with Gasteiger partial charge in [0, 0.05) is 52.0 Å². The lowest BCUT2D eigenvalue weighted by Crippen LogP contribution is -2.38. The predicted molar refractivity (Wildman–Crippen MR) is 107 cm³/mol. The molecule has 0 spiro atoms. The third-order valence-electron chi connectivity index (χ3n) is 5.58. The fourth-order valence-corrected chi connectivity index (χ4v) is 4.32. The molecule has 1 N–H and O–H groups in total. The van der Waals surface area contributed by atoms with Gasteiger partial charge in [0.2, 0.25) is 17.7 Å². The van der Waals surface area contributed by atoms with Gasteiger partial charge in [0.05, 0.1) is 0 Å². The van der Waals surface area contributed by atoms with Crippen LogP contribution in [0.5, 0.6) is 0 Å². The van der Waals surface area contributed by atoms with Gasteiger partial charge >= 0.3 is 0 Å². The van der Waals surface area contributed by atoms with E-state index in [2.05, 4.69) is 48.3 Å². The van der Waals surface area contributed by atoms with E-state index in [1.54, 1.807) is 0 Å². The predicted octanol–water partition coefficient (Wildman–Crippen LogP) is 2.32. The molecule has 2 aliphatic rings. The van der Waals surface area contributed by atoms with Crippen molar-refractivity contribution in [2.45, 2.75) is 52.6 Å². The van der Waals surface area contributed by atoms with E-state index in [-0.39, 0.29) is 43.5 Å². The van der Waals surface area contributed by atoms with Crippen molar-refractivity contribution in [1.29, 1.82) is 0 Å². The largest absolute Gasteiger partial charge is 0.352 e. The lowest BCUT2D eigenvalue weighted by Gasteiger charge is -2.35. The summed E-state index contributed by atoms with van der Waals surface area (Å²) in [5.74, 6) is 1.01. The zero-order valence-corrected chi connectivity index (χ0v) is 16.9. The van der Waals surface area contributed by atoms with Crippen LogP contribution in [-0.4, -0.2) is 47.2 Å². The molecule has 0 aliphatic carbocycles. The maximum absolute atomic E-state index is 12.0. The molecule has 0 unspecified atom stereocenters. The molecule has 28 heavy (non-hydrogen) atoms. The number of imide groups is 1. The number of nitrogens with zero attached hydrogens (tertiary/aromatic N) is 2. The minimum Gasteiger partial charge on any atom is -0.352 e. The summed E-state index contributed by atoms with van der Waals surface area (Å²) >= 11 is 0. The molecule has 0 radical (unpaired) electrons. The maximum Gasteiger partial charge on any atom is 0.229 e. The van der Waals surface area contributed by atoms with Crippen molar-refractivity contribution in [3.05, 3.63) is 35.4 Å². The molecule has 3 amide bonds. The second-order valence-corrected chi connectivity index (χ2v) is 8.42. The van der Waals surface area contributed by atoms with Crippen LogP contribution in [0.25, 0.3) is 0 Å². The molecule has 1 aromatic rings. The van der Waals surface area contributed by atoms with E-state index in [4.69, 9.17) is 0 Å². The zero-order valence-electron chi connectivity index (χ0n) is 16.9. The van der Waals surface area contributed by atoms with E-state index >= 15 is 0 Å². The fourth-order valence-electron chi connectivity index (χ4n) is 4.32. The van der Waals surface area contributed by atoms with Crippen molar-refractivity contribution >= 4 is 17.7 Å². The number of likely N-dealkylation sites (tertiary alicyclic amines) is 2.